The summed E-state index contributed by atoms with van der Waals surface area (Å²) in [6.45, 7) is 3.72. The van der Waals surface area contributed by atoms with Gasteiger partial charge in [0.05, 0.1) is 28.2 Å². The fraction of sp³-hybridized carbons (Fsp3) is 0.192. The van der Waals surface area contributed by atoms with E-state index in [1.807, 2.05) is 18.2 Å². The van der Waals surface area contributed by atoms with Crippen molar-refractivity contribution in [3.05, 3.63) is 107 Å². The van der Waals surface area contributed by atoms with E-state index in [0.29, 0.717) is 10.7 Å². The average molecular weight is 481 g/mol. The molecule has 0 saturated carbocycles. The van der Waals surface area contributed by atoms with Crippen LogP contribution in [-0.2, 0) is 16.4 Å². The average Bonchev–Trinajstić information content (AvgIpc) is 2.83. The van der Waals surface area contributed by atoms with E-state index >= 15 is 0 Å². The third-order valence-electron chi connectivity index (χ3n) is 5.78. The third-order valence-corrected chi connectivity index (χ3v) is 7.87. The maximum Gasteiger partial charge on any atom is 0.264 e. The van der Waals surface area contributed by atoms with Gasteiger partial charge in [0.25, 0.3) is 15.9 Å². The number of carbonyl (C=O) groups is 1. The molecule has 0 aromatic heterocycles. The Morgan fingerprint density at radius 3 is 2.64 bits per heavy atom. The first-order valence-electron chi connectivity index (χ1n) is 10.8. The number of amides is 1. The van der Waals surface area contributed by atoms with Gasteiger partial charge in [-0.15, -0.1) is 6.58 Å². The first kappa shape index (κ1) is 23.1. The van der Waals surface area contributed by atoms with Crippen molar-refractivity contribution in [3.63, 3.8) is 0 Å². The number of sulfonamides is 1. The van der Waals surface area contributed by atoms with Crippen LogP contribution in [0.25, 0.3) is 0 Å². The van der Waals surface area contributed by atoms with Crippen LogP contribution in [0, 0.1) is 0 Å². The lowest BCUT2D eigenvalue weighted by Gasteiger charge is -2.26. The first-order chi connectivity index (χ1) is 15.9. The molecule has 4 rings (SSSR count). The molecule has 33 heavy (non-hydrogen) atoms. The van der Waals surface area contributed by atoms with Crippen LogP contribution < -0.4 is 9.62 Å². The Morgan fingerprint density at radius 1 is 1.09 bits per heavy atom. The highest BCUT2D eigenvalue weighted by Crippen LogP contribution is 2.32. The van der Waals surface area contributed by atoms with E-state index in [2.05, 4.69) is 18.0 Å². The number of benzene rings is 3. The number of nitrogens with one attached hydrogen (secondary N) is 1. The number of para-hydroxylation sites is 1. The zero-order valence-corrected chi connectivity index (χ0v) is 19.6. The molecule has 1 N–H and O–H groups in total. The molecule has 0 heterocycles. The van der Waals surface area contributed by atoms with Gasteiger partial charge in [-0.1, -0.05) is 60.1 Å². The quantitative estimate of drug-likeness (QED) is 0.452. The molecule has 3 aromatic carbocycles. The summed E-state index contributed by atoms with van der Waals surface area (Å²) in [6.07, 6.45) is 4.33. The third kappa shape index (κ3) is 4.82. The van der Waals surface area contributed by atoms with Gasteiger partial charge in [0.1, 0.15) is 0 Å². The molecule has 0 fully saturated rings. The molecular formula is C26H25ClN2O3S. The monoisotopic (exact) mass is 480 g/mol. The van der Waals surface area contributed by atoms with E-state index in [1.165, 1.54) is 28.1 Å². The maximum atomic E-state index is 13.5. The Hall–Kier alpha value is -3.09. The normalized spacial score (nSPS) is 15.4. The predicted molar refractivity (Wildman–Crippen MR) is 132 cm³/mol. The highest BCUT2D eigenvalue weighted by Gasteiger charge is 2.27. The Kier molecular flexibility index (Phi) is 6.86. The van der Waals surface area contributed by atoms with Gasteiger partial charge in [0.15, 0.2) is 0 Å². The standard InChI is InChI=1S/C26H25ClN2O3S/c1-2-17-29(25-16-6-5-14-23(25)27)33(31,32)21-12-7-11-20(18-21)26(30)28-24-15-8-10-19-9-3-4-13-22(19)24/h2-7,9,11-14,16,18,24H,1,8,10,15,17H2,(H,28,30)/t24-/m0/s1. The molecule has 0 bridgehead atoms. The van der Waals surface area contributed by atoms with Crippen molar-refractivity contribution in [2.75, 3.05) is 10.8 Å². The van der Waals surface area contributed by atoms with Crippen molar-refractivity contribution in [2.45, 2.75) is 30.2 Å². The minimum absolute atomic E-state index is 0.0148. The van der Waals surface area contributed by atoms with Crippen molar-refractivity contribution in [1.82, 2.24) is 5.32 Å². The smallest absolute Gasteiger partial charge is 0.264 e. The molecule has 1 aliphatic carbocycles. The number of hydrogen-bond acceptors (Lipinski definition) is 3. The molecule has 0 radical (unpaired) electrons. The second-order valence-electron chi connectivity index (χ2n) is 7.92. The van der Waals surface area contributed by atoms with E-state index in [0.717, 1.165) is 24.8 Å². The van der Waals surface area contributed by atoms with Crippen LogP contribution in [0.3, 0.4) is 0 Å². The van der Waals surface area contributed by atoms with Gasteiger partial charge < -0.3 is 5.32 Å². The van der Waals surface area contributed by atoms with Crippen molar-refractivity contribution < 1.29 is 13.2 Å². The van der Waals surface area contributed by atoms with Crippen molar-refractivity contribution in [2.24, 2.45) is 0 Å². The van der Waals surface area contributed by atoms with E-state index in [-0.39, 0.29) is 29.0 Å². The van der Waals surface area contributed by atoms with Gasteiger partial charge in [0.2, 0.25) is 0 Å². The molecule has 0 unspecified atom stereocenters. The second kappa shape index (κ2) is 9.81. The fourth-order valence-electron chi connectivity index (χ4n) is 4.17. The minimum Gasteiger partial charge on any atom is -0.345 e. The molecular weight excluding hydrogens is 456 g/mol. The van der Waals surface area contributed by atoms with Crippen LogP contribution >= 0.6 is 11.6 Å². The number of fused-ring (bicyclic) bond motifs is 1. The Balaban J connectivity index is 1.62. The van der Waals surface area contributed by atoms with E-state index < -0.39 is 10.0 Å². The molecule has 0 spiro atoms. The van der Waals surface area contributed by atoms with Crippen LogP contribution in [0.4, 0.5) is 5.69 Å². The Bertz CT molecular complexity index is 1290. The summed E-state index contributed by atoms with van der Waals surface area (Å²) in [5, 5.41) is 3.39. The second-order valence-corrected chi connectivity index (χ2v) is 10.2. The minimum atomic E-state index is -3.98. The zero-order valence-electron chi connectivity index (χ0n) is 18.1. The predicted octanol–water partition coefficient (Wildman–Crippen LogP) is 5.53. The van der Waals surface area contributed by atoms with Gasteiger partial charge in [-0.25, -0.2) is 8.42 Å². The van der Waals surface area contributed by atoms with Crippen LogP contribution in [0.2, 0.25) is 5.02 Å². The van der Waals surface area contributed by atoms with Crippen LogP contribution in [0.5, 0.6) is 0 Å². The Labute approximate surface area is 199 Å². The van der Waals surface area contributed by atoms with Gasteiger partial charge in [-0.3, -0.25) is 9.10 Å². The Morgan fingerprint density at radius 2 is 1.85 bits per heavy atom. The molecule has 1 amide bonds. The summed E-state index contributed by atoms with van der Waals surface area (Å²) in [5.41, 5.74) is 3.01. The molecule has 0 saturated heterocycles. The lowest BCUT2D eigenvalue weighted by atomic mass is 9.87. The lowest BCUT2D eigenvalue weighted by Crippen LogP contribution is -2.32. The molecule has 1 atom stereocenters. The van der Waals surface area contributed by atoms with Gasteiger partial charge in [-0.05, 0) is 60.7 Å². The van der Waals surface area contributed by atoms with Gasteiger partial charge in [0, 0.05) is 5.56 Å². The van der Waals surface area contributed by atoms with Crippen molar-refractivity contribution in [1.29, 1.82) is 0 Å². The molecule has 0 aliphatic heterocycles. The maximum absolute atomic E-state index is 13.5. The van der Waals surface area contributed by atoms with Crippen LogP contribution in [0.1, 0.15) is 40.4 Å². The number of nitrogens with zero attached hydrogens (tertiary/aromatic N) is 1. The number of halogens is 1. The summed E-state index contributed by atoms with van der Waals surface area (Å²) < 4.78 is 28.2. The van der Waals surface area contributed by atoms with Crippen molar-refractivity contribution >= 4 is 33.2 Å². The number of aryl methyl sites for hydroxylation is 1. The number of anilines is 1. The SMILES string of the molecule is C=CCN(c1ccccc1Cl)S(=O)(=O)c1cccc(C(=O)N[C@H]2CCCc3ccccc32)c1. The van der Waals surface area contributed by atoms with E-state index in [9.17, 15) is 13.2 Å². The number of rotatable bonds is 7. The summed E-state index contributed by atoms with van der Waals surface area (Å²) in [5.74, 6) is -0.304. The van der Waals surface area contributed by atoms with Crippen molar-refractivity contribution in [3.8, 4) is 0 Å². The van der Waals surface area contributed by atoms with Gasteiger partial charge in [-0.2, -0.15) is 0 Å². The van der Waals surface area contributed by atoms with Crippen LogP contribution in [0.15, 0.2) is 90.3 Å². The summed E-state index contributed by atoms with van der Waals surface area (Å²) >= 11 is 6.28. The molecule has 5 nitrogen and oxygen atoms in total. The van der Waals surface area contributed by atoms with Gasteiger partial charge >= 0.3 is 0 Å². The van der Waals surface area contributed by atoms with E-state index in [1.54, 1.807) is 36.4 Å². The molecule has 3 aromatic rings. The van der Waals surface area contributed by atoms with E-state index in [4.69, 9.17) is 11.6 Å². The largest absolute Gasteiger partial charge is 0.345 e. The highest BCUT2D eigenvalue weighted by atomic mass is 35.5. The summed E-state index contributed by atoms with van der Waals surface area (Å²) in [4.78, 5) is 13.1. The summed E-state index contributed by atoms with van der Waals surface area (Å²) in [6, 6.07) is 20.8. The first-order valence-corrected chi connectivity index (χ1v) is 12.6. The zero-order chi connectivity index (χ0) is 23.4. The number of carbonyl (C=O) groups excluding carboxylic acids is 1. The topological polar surface area (TPSA) is 66.5 Å². The molecule has 170 valence electrons. The fourth-order valence-corrected chi connectivity index (χ4v) is 5.96. The lowest BCUT2D eigenvalue weighted by molar-refractivity contribution is 0.0932. The van der Waals surface area contributed by atoms with Crippen LogP contribution in [-0.4, -0.2) is 20.9 Å². The number of hydrogen-bond donors (Lipinski definition) is 1. The highest BCUT2D eigenvalue weighted by molar-refractivity contribution is 7.92. The molecule has 7 heteroatoms. The molecule has 1 aliphatic rings. The summed E-state index contributed by atoms with van der Waals surface area (Å²) in [7, 11) is -3.98.